The highest BCUT2D eigenvalue weighted by atomic mass is 14.7. The smallest absolute Gasteiger partial charge is 0.0705 e. The van der Waals surface area contributed by atoms with Crippen molar-refractivity contribution < 1.29 is 0 Å². The minimum atomic E-state index is 0.524. The zero-order valence-electron chi connectivity index (χ0n) is 9.90. The Labute approximate surface area is 96.5 Å². The third kappa shape index (κ3) is 2.22. The second-order valence-corrected chi connectivity index (χ2v) is 4.38. The summed E-state index contributed by atoms with van der Waals surface area (Å²) < 4.78 is 0. The summed E-state index contributed by atoms with van der Waals surface area (Å²) in [5.41, 5.74) is 9.08. The van der Waals surface area contributed by atoms with Crippen molar-refractivity contribution in [2.75, 3.05) is 6.54 Å². The van der Waals surface area contributed by atoms with Gasteiger partial charge in [-0.1, -0.05) is 19.1 Å². The van der Waals surface area contributed by atoms with Crippen molar-refractivity contribution >= 4 is 10.9 Å². The molecule has 0 saturated carbocycles. The van der Waals surface area contributed by atoms with E-state index in [1.165, 1.54) is 10.9 Å². The number of rotatable bonds is 3. The van der Waals surface area contributed by atoms with Crippen molar-refractivity contribution in [1.29, 1.82) is 0 Å². The SMILES string of the molecule is Cc1ccc2cc(C(C)CCN)ccc2n1. The number of benzene rings is 1. The van der Waals surface area contributed by atoms with Crippen LogP contribution in [0.15, 0.2) is 30.3 Å². The van der Waals surface area contributed by atoms with Crippen LogP contribution in [0.5, 0.6) is 0 Å². The van der Waals surface area contributed by atoms with Crippen molar-refractivity contribution in [2.45, 2.75) is 26.2 Å². The normalized spacial score (nSPS) is 12.9. The number of aryl methyl sites for hydroxylation is 1. The van der Waals surface area contributed by atoms with Crippen molar-refractivity contribution in [3.63, 3.8) is 0 Å². The molecule has 1 unspecified atom stereocenters. The van der Waals surface area contributed by atoms with Crippen LogP contribution in [0.3, 0.4) is 0 Å². The largest absolute Gasteiger partial charge is 0.330 e. The van der Waals surface area contributed by atoms with Crippen LogP contribution in [0.25, 0.3) is 10.9 Å². The van der Waals surface area contributed by atoms with Crippen molar-refractivity contribution in [3.8, 4) is 0 Å². The van der Waals surface area contributed by atoms with Gasteiger partial charge in [-0.05, 0) is 49.6 Å². The van der Waals surface area contributed by atoms with Gasteiger partial charge >= 0.3 is 0 Å². The second-order valence-electron chi connectivity index (χ2n) is 4.38. The highest BCUT2D eigenvalue weighted by Crippen LogP contribution is 2.22. The maximum absolute atomic E-state index is 5.59. The lowest BCUT2D eigenvalue weighted by Crippen LogP contribution is -2.04. The van der Waals surface area contributed by atoms with Crippen LogP contribution in [0.2, 0.25) is 0 Å². The summed E-state index contributed by atoms with van der Waals surface area (Å²) in [6.07, 6.45) is 1.03. The molecule has 1 aromatic heterocycles. The molecule has 2 N–H and O–H groups in total. The quantitative estimate of drug-likeness (QED) is 0.853. The lowest BCUT2D eigenvalue weighted by molar-refractivity contribution is 0.691. The monoisotopic (exact) mass is 214 g/mol. The molecule has 1 aromatic carbocycles. The van der Waals surface area contributed by atoms with Crippen LogP contribution in [0.4, 0.5) is 0 Å². The molecule has 84 valence electrons. The zero-order chi connectivity index (χ0) is 11.5. The maximum atomic E-state index is 5.59. The fraction of sp³-hybridized carbons (Fsp3) is 0.357. The van der Waals surface area contributed by atoms with Crippen molar-refractivity contribution in [1.82, 2.24) is 4.98 Å². The van der Waals surface area contributed by atoms with Gasteiger partial charge in [-0.3, -0.25) is 4.98 Å². The van der Waals surface area contributed by atoms with E-state index in [2.05, 4.69) is 42.2 Å². The number of nitrogens with two attached hydrogens (primary N) is 1. The predicted molar refractivity (Wildman–Crippen MR) is 68.6 cm³/mol. The summed E-state index contributed by atoms with van der Waals surface area (Å²) in [5, 5.41) is 1.21. The Kier molecular flexibility index (Phi) is 3.20. The second kappa shape index (κ2) is 4.62. The first kappa shape index (κ1) is 11.1. The van der Waals surface area contributed by atoms with E-state index in [-0.39, 0.29) is 0 Å². The van der Waals surface area contributed by atoms with Crippen molar-refractivity contribution in [3.05, 3.63) is 41.6 Å². The lowest BCUT2D eigenvalue weighted by Gasteiger charge is -2.11. The Morgan fingerprint density at radius 2 is 2.06 bits per heavy atom. The minimum Gasteiger partial charge on any atom is -0.330 e. The molecule has 2 heteroatoms. The van der Waals surface area contributed by atoms with E-state index in [0.29, 0.717) is 5.92 Å². The van der Waals surface area contributed by atoms with Crippen LogP contribution in [0, 0.1) is 6.92 Å². The van der Waals surface area contributed by atoms with E-state index >= 15 is 0 Å². The number of aromatic nitrogens is 1. The Hall–Kier alpha value is -1.41. The number of nitrogens with zero attached hydrogens (tertiary/aromatic N) is 1. The molecule has 1 heterocycles. The summed E-state index contributed by atoms with van der Waals surface area (Å²) in [6, 6.07) is 10.7. The zero-order valence-corrected chi connectivity index (χ0v) is 9.90. The van der Waals surface area contributed by atoms with E-state index < -0.39 is 0 Å². The molecule has 0 aliphatic carbocycles. The molecule has 2 aromatic rings. The summed E-state index contributed by atoms with van der Waals surface area (Å²) in [5.74, 6) is 0.524. The van der Waals surface area contributed by atoms with E-state index in [1.807, 2.05) is 6.92 Å². The summed E-state index contributed by atoms with van der Waals surface area (Å²) in [6.45, 7) is 4.98. The first-order valence-electron chi connectivity index (χ1n) is 5.78. The van der Waals surface area contributed by atoms with Crippen LogP contribution in [-0.4, -0.2) is 11.5 Å². The van der Waals surface area contributed by atoms with Gasteiger partial charge in [0.1, 0.15) is 0 Å². The number of hydrogen-bond acceptors (Lipinski definition) is 2. The van der Waals surface area contributed by atoms with Gasteiger partial charge in [0.15, 0.2) is 0 Å². The fourth-order valence-electron chi connectivity index (χ4n) is 1.97. The van der Waals surface area contributed by atoms with Crippen LogP contribution in [-0.2, 0) is 0 Å². The highest BCUT2D eigenvalue weighted by molar-refractivity contribution is 5.79. The molecule has 0 aliphatic heterocycles. The minimum absolute atomic E-state index is 0.524. The molecule has 1 atom stereocenters. The Morgan fingerprint density at radius 3 is 2.81 bits per heavy atom. The molecule has 0 radical (unpaired) electrons. The average molecular weight is 214 g/mol. The Bertz CT molecular complexity index is 491. The first-order chi connectivity index (χ1) is 7.70. The molecule has 2 rings (SSSR count). The van der Waals surface area contributed by atoms with E-state index in [1.54, 1.807) is 0 Å². The van der Waals surface area contributed by atoms with E-state index in [4.69, 9.17) is 5.73 Å². The number of pyridine rings is 1. The van der Waals surface area contributed by atoms with Crippen LogP contribution < -0.4 is 5.73 Å². The standard InChI is InChI=1S/C14H18N2/c1-10(7-8-15)12-5-6-14-13(9-12)4-3-11(2)16-14/h3-6,9-10H,7-8,15H2,1-2H3. The number of fused-ring (bicyclic) bond motifs is 1. The van der Waals surface area contributed by atoms with Gasteiger partial charge in [-0.15, -0.1) is 0 Å². The third-order valence-corrected chi connectivity index (χ3v) is 3.02. The topological polar surface area (TPSA) is 38.9 Å². The van der Waals surface area contributed by atoms with Gasteiger partial charge in [0, 0.05) is 11.1 Å². The number of hydrogen-bond donors (Lipinski definition) is 1. The average Bonchev–Trinajstić information content (AvgIpc) is 2.28. The molecule has 0 spiro atoms. The highest BCUT2D eigenvalue weighted by Gasteiger charge is 2.05. The van der Waals surface area contributed by atoms with Crippen molar-refractivity contribution in [2.24, 2.45) is 5.73 Å². The fourth-order valence-corrected chi connectivity index (χ4v) is 1.97. The van der Waals surface area contributed by atoms with Gasteiger partial charge in [-0.2, -0.15) is 0 Å². The van der Waals surface area contributed by atoms with Gasteiger partial charge in [0.05, 0.1) is 5.52 Å². The first-order valence-corrected chi connectivity index (χ1v) is 5.78. The van der Waals surface area contributed by atoms with E-state index in [9.17, 15) is 0 Å². The molecule has 0 bridgehead atoms. The van der Waals surface area contributed by atoms with Gasteiger partial charge in [0.2, 0.25) is 0 Å². The Morgan fingerprint density at radius 1 is 1.25 bits per heavy atom. The third-order valence-electron chi connectivity index (χ3n) is 3.02. The summed E-state index contributed by atoms with van der Waals surface area (Å²) in [7, 11) is 0. The maximum Gasteiger partial charge on any atom is 0.0705 e. The van der Waals surface area contributed by atoms with Gasteiger partial charge < -0.3 is 5.73 Å². The van der Waals surface area contributed by atoms with Crippen LogP contribution in [0.1, 0.15) is 30.5 Å². The molecule has 16 heavy (non-hydrogen) atoms. The van der Waals surface area contributed by atoms with Gasteiger partial charge in [0.25, 0.3) is 0 Å². The van der Waals surface area contributed by atoms with Crippen LogP contribution >= 0.6 is 0 Å². The molecule has 2 nitrogen and oxygen atoms in total. The molecular weight excluding hydrogens is 196 g/mol. The molecule has 0 amide bonds. The molecule has 0 saturated heterocycles. The molecule has 0 fully saturated rings. The lowest BCUT2D eigenvalue weighted by atomic mass is 9.96. The predicted octanol–water partition coefficient (Wildman–Crippen LogP) is 3.00. The van der Waals surface area contributed by atoms with Gasteiger partial charge in [-0.25, -0.2) is 0 Å². The summed E-state index contributed by atoms with van der Waals surface area (Å²) >= 11 is 0. The summed E-state index contributed by atoms with van der Waals surface area (Å²) in [4.78, 5) is 4.50. The Balaban J connectivity index is 2.40. The molecular formula is C14H18N2. The van der Waals surface area contributed by atoms with E-state index in [0.717, 1.165) is 24.2 Å². The molecule has 0 aliphatic rings.